The van der Waals surface area contributed by atoms with Gasteiger partial charge >= 0.3 is 0 Å². The summed E-state index contributed by atoms with van der Waals surface area (Å²) in [6, 6.07) is 5.73. The number of nitrogens with zero attached hydrogens (tertiary/aromatic N) is 1. The largest absolute Gasteiger partial charge is 0.396 e. The fourth-order valence-electron chi connectivity index (χ4n) is 2.51. The smallest absolute Gasteiger partial charge is 0.0762 e. The first-order valence-electron chi connectivity index (χ1n) is 6.45. The van der Waals surface area contributed by atoms with Crippen molar-refractivity contribution >= 4 is 17.3 Å². The van der Waals surface area contributed by atoms with Crippen LogP contribution in [0.3, 0.4) is 0 Å². The Balaban J connectivity index is 2.10. The lowest BCUT2D eigenvalue weighted by Crippen LogP contribution is -2.20. The van der Waals surface area contributed by atoms with Crippen LogP contribution in [0.25, 0.3) is 0 Å². The Bertz CT molecular complexity index is 409. The third-order valence-corrected chi connectivity index (χ3v) is 3.92. The molecule has 4 heteroatoms. The average molecular weight is 270 g/mol. The molecule has 1 fully saturated rings. The molecule has 0 aromatic heterocycles. The second-order valence-corrected chi connectivity index (χ2v) is 5.41. The molecule has 18 heavy (non-hydrogen) atoms. The lowest BCUT2D eigenvalue weighted by atomic mass is 10.1. The molecule has 0 spiro atoms. The Kier molecular flexibility index (Phi) is 4.49. The summed E-state index contributed by atoms with van der Waals surface area (Å²) in [4.78, 5) is 2.26. The third-order valence-electron chi connectivity index (χ3n) is 3.62. The lowest BCUT2D eigenvalue weighted by Gasteiger charge is -2.21. The SMILES string of the molecule is CC(O)c1ccc(N2CCC(CCO)C2)c(Cl)c1. The molecule has 1 heterocycles. The highest BCUT2D eigenvalue weighted by atomic mass is 35.5. The lowest BCUT2D eigenvalue weighted by molar-refractivity contribution is 0.199. The number of benzene rings is 1. The number of rotatable bonds is 4. The highest BCUT2D eigenvalue weighted by molar-refractivity contribution is 6.33. The molecule has 0 aliphatic carbocycles. The summed E-state index contributed by atoms with van der Waals surface area (Å²) in [5.41, 5.74) is 1.87. The van der Waals surface area contributed by atoms with Gasteiger partial charge in [0.2, 0.25) is 0 Å². The van der Waals surface area contributed by atoms with E-state index in [1.165, 1.54) is 0 Å². The minimum Gasteiger partial charge on any atom is -0.396 e. The van der Waals surface area contributed by atoms with Crippen molar-refractivity contribution in [3.05, 3.63) is 28.8 Å². The highest BCUT2D eigenvalue weighted by Crippen LogP contribution is 2.33. The maximum Gasteiger partial charge on any atom is 0.0762 e. The van der Waals surface area contributed by atoms with E-state index in [4.69, 9.17) is 16.7 Å². The molecule has 2 unspecified atom stereocenters. The molecule has 2 atom stereocenters. The van der Waals surface area contributed by atoms with Crippen LogP contribution >= 0.6 is 11.6 Å². The van der Waals surface area contributed by atoms with E-state index in [1.807, 2.05) is 18.2 Å². The molecule has 1 saturated heterocycles. The summed E-state index contributed by atoms with van der Waals surface area (Å²) in [7, 11) is 0. The molecule has 1 aliphatic heterocycles. The second kappa shape index (κ2) is 5.91. The number of hydrogen-bond donors (Lipinski definition) is 2. The van der Waals surface area contributed by atoms with Crippen LogP contribution in [0, 0.1) is 5.92 Å². The number of aliphatic hydroxyl groups excluding tert-OH is 2. The van der Waals surface area contributed by atoms with Gasteiger partial charge in [-0.05, 0) is 43.4 Å². The molecule has 2 rings (SSSR count). The number of aliphatic hydroxyl groups is 2. The van der Waals surface area contributed by atoms with E-state index in [-0.39, 0.29) is 6.61 Å². The van der Waals surface area contributed by atoms with Crippen molar-refractivity contribution in [1.29, 1.82) is 0 Å². The summed E-state index contributed by atoms with van der Waals surface area (Å²) < 4.78 is 0. The Hall–Kier alpha value is -0.770. The Morgan fingerprint density at radius 3 is 2.89 bits per heavy atom. The van der Waals surface area contributed by atoms with E-state index in [1.54, 1.807) is 6.92 Å². The van der Waals surface area contributed by atoms with Gasteiger partial charge in [-0.1, -0.05) is 17.7 Å². The zero-order chi connectivity index (χ0) is 13.1. The van der Waals surface area contributed by atoms with Crippen LogP contribution in [-0.4, -0.2) is 29.9 Å². The van der Waals surface area contributed by atoms with Crippen molar-refractivity contribution in [1.82, 2.24) is 0 Å². The fraction of sp³-hybridized carbons (Fsp3) is 0.571. The van der Waals surface area contributed by atoms with Crippen LogP contribution in [0.1, 0.15) is 31.4 Å². The van der Waals surface area contributed by atoms with Gasteiger partial charge in [-0.15, -0.1) is 0 Å². The molecule has 1 aromatic carbocycles. The Morgan fingerprint density at radius 1 is 1.50 bits per heavy atom. The van der Waals surface area contributed by atoms with E-state index in [0.29, 0.717) is 10.9 Å². The molecule has 0 amide bonds. The minimum atomic E-state index is -0.489. The molecule has 0 radical (unpaired) electrons. The first-order valence-corrected chi connectivity index (χ1v) is 6.83. The topological polar surface area (TPSA) is 43.7 Å². The second-order valence-electron chi connectivity index (χ2n) is 5.00. The maximum atomic E-state index is 9.52. The van der Waals surface area contributed by atoms with Gasteiger partial charge in [0.05, 0.1) is 16.8 Å². The quantitative estimate of drug-likeness (QED) is 0.883. The third kappa shape index (κ3) is 2.97. The van der Waals surface area contributed by atoms with Crippen LogP contribution in [-0.2, 0) is 0 Å². The standard InChI is InChI=1S/C14H20ClNO2/c1-10(18)12-2-3-14(13(15)8-12)16-6-4-11(9-16)5-7-17/h2-3,8,10-11,17-18H,4-7,9H2,1H3. The molecule has 0 bridgehead atoms. The van der Waals surface area contributed by atoms with E-state index < -0.39 is 6.10 Å². The maximum absolute atomic E-state index is 9.52. The summed E-state index contributed by atoms with van der Waals surface area (Å²) in [5.74, 6) is 0.558. The van der Waals surface area contributed by atoms with Gasteiger partial charge in [0.15, 0.2) is 0 Å². The van der Waals surface area contributed by atoms with Crippen LogP contribution in [0.15, 0.2) is 18.2 Å². The molecular weight excluding hydrogens is 250 g/mol. The molecule has 100 valence electrons. The van der Waals surface area contributed by atoms with Gasteiger partial charge in [-0.3, -0.25) is 0 Å². The molecule has 0 saturated carbocycles. The Morgan fingerprint density at radius 2 is 2.28 bits per heavy atom. The first kappa shape index (κ1) is 13.7. The zero-order valence-corrected chi connectivity index (χ0v) is 11.4. The molecule has 3 nitrogen and oxygen atoms in total. The number of hydrogen-bond acceptors (Lipinski definition) is 3. The van der Waals surface area contributed by atoms with Crippen LogP contribution in [0.2, 0.25) is 5.02 Å². The summed E-state index contributed by atoms with van der Waals surface area (Å²) >= 11 is 6.28. The van der Waals surface area contributed by atoms with Gasteiger partial charge in [0.25, 0.3) is 0 Å². The van der Waals surface area contributed by atoms with Crippen molar-refractivity contribution in [3.63, 3.8) is 0 Å². The van der Waals surface area contributed by atoms with Crippen LogP contribution in [0.4, 0.5) is 5.69 Å². The molecule has 2 N–H and O–H groups in total. The zero-order valence-electron chi connectivity index (χ0n) is 10.6. The van der Waals surface area contributed by atoms with E-state index in [9.17, 15) is 5.11 Å². The van der Waals surface area contributed by atoms with Gasteiger partial charge in [-0.2, -0.15) is 0 Å². The highest BCUT2D eigenvalue weighted by Gasteiger charge is 2.23. The Labute approximate surface area is 113 Å². The van der Waals surface area contributed by atoms with Crippen LogP contribution in [0.5, 0.6) is 0 Å². The summed E-state index contributed by atoms with van der Waals surface area (Å²) in [6.45, 7) is 3.93. The van der Waals surface area contributed by atoms with E-state index in [2.05, 4.69) is 4.90 Å². The van der Waals surface area contributed by atoms with Gasteiger partial charge in [0.1, 0.15) is 0 Å². The monoisotopic (exact) mass is 269 g/mol. The minimum absolute atomic E-state index is 0.257. The van der Waals surface area contributed by atoms with Crippen molar-refractivity contribution in [2.45, 2.75) is 25.9 Å². The van der Waals surface area contributed by atoms with Crippen LogP contribution < -0.4 is 4.90 Å². The van der Waals surface area contributed by atoms with Gasteiger partial charge < -0.3 is 15.1 Å². The summed E-state index contributed by atoms with van der Waals surface area (Å²) in [6.07, 6.45) is 1.48. The van der Waals surface area contributed by atoms with Crippen molar-refractivity contribution in [2.75, 3.05) is 24.6 Å². The fourth-order valence-corrected chi connectivity index (χ4v) is 2.82. The van der Waals surface area contributed by atoms with Gasteiger partial charge in [0, 0.05) is 19.7 Å². The normalized spacial score (nSPS) is 21.3. The number of anilines is 1. The molecule has 1 aliphatic rings. The van der Waals surface area contributed by atoms with Gasteiger partial charge in [-0.25, -0.2) is 0 Å². The van der Waals surface area contributed by atoms with Crippen molar-refractivity contribution in [2.24, 2.45) is 5.92 Å². The average Bonchev–Trinajstić information content (AvgIpc) is 2.77. The van der Waals surface area contributed by atoms with E-state index in [0.717, 1.165) is 37.2 Å². The predicted molar refractivity (Wildman–Crippen MR) is 74.1 cm³/mol. The first-order chi connectivity index (χ1) is 8.61. The number of halogens is 1. The molecule has 1 aromatic rings. The van der Waals surface area contributed by atoms with Crippen molar-refractivity contribution in [3.8, 4) is 0 Å². The van der Waals surface area contributed by atoms with Crippen molar-refractivity contribution < 1.29 is 10.2 Å². The molecular formula is C14H20ClNO2. The van der Waals surface area contributed by atoms with E-state index >= 15 is 0 Å². The predicted octanol–water partition coefficient (Wildman–Crippen LogP) is 2.60. The summed E-state index contributed by atoms with van der Waals surface area (Å²) in [5, 5.41) is 19.2.